The number of nitrogens with two attached hydrogens (primary N) is 1. The molecule has 0 aliphatic carbocycles. The second kappa shape index (κ2) is 6.48. The number of rotatable bonds is 6. The van der Waals surface area contributed by atoms with E-state index in [0.29, 0.717) is 17.5 Å². The molecule has 0 saturated carbocycles. The third-order valence-electron chi connectivity index (χ3n) is 2.37. The van der Waals surface area contributed by atoms with Gasteiger partial charge in [-0.05, 0) is 24.0 Å². The van der Waals surface area contributed by atoms with Gasteiger partial charge in [0.05, 0.1) is 11.6 Å². The second-order valence-electron chi connectivity index (χ2n) is 4.11. The smallest absolute Gasteiger partial charge is 0.122 e. The molecule has 0 bridgehead atoms. The first kappa shape index (κ1) is 13.0. The molecule has 0 aliphatic heterocycles. The highest BCUT2D eigenvalue weighted by molar-refractivity contribution is 7.80. The minimum atomic E-state index is 0.479. The van der Waals surface area contributed by atoms with E-state index >= 15 is 0 Å². The van der Waals surface area contributed by atoms with Gasteiger partial charge in [0.1, 0.15) is 5.75 Å². The third kappa shape index (κ3) is 4.19. The topological polar surface area (TPSA) is 35.2 Å². The monoisotopic (exact) mass is 237 g/mol. The van der Waals surface area contributed by atoms with Crippen LogP contribution in [0.25, 0.3) is 0 Å². The zero-order chi connectivity index (χ0) is 12.0. The Morgan fingerprint density at radius 1 is 1.38 bits per heavy atom. The predicted molar refractivity (Wildman–Crippen MR) is 72.0 cm³/mol. The molecule has 1 aromatic carbocycles. The van der Waals surface area contributed by atoms with Crippen LogP contribution in [0.5, 0.6) is 5.75 Å². The quantitative estimate of drug-likeness (QED) is 0.609. The molecule has 2 nitrogen and oxygen atoms in total. The van der Waals surface area contributed by atoms with Crippen molar-refractivity contribution in [2.24, 2.45) is 5.73 Å². The lowest BCUT2D eigenvalue weighted by molar-refractivity contribution is 0.309. The zero-order valence-corrected chi connectivity index (χ0v) is 10.7. The van der Waals surface area contributed by atoms with E-state index in [1.54, 1.807) is 0 Å². The van der Waals surface area contributed by atoms with Crippen LogP contribution < -0.4 is 10.5 Å². The summed E-state index contributed by atoms with van der Waals surface area (Å²) in [5, 5.41) is 0. The molecule has 0 radical (unpaired) electrons. The summed E-state index contributed by atoms with van der Waals surface area (Å²) in [6.45, 7) is 5.00. The van der Waals surface area contributed by atoms with Crippen molar-refractivity contribution in [1.29, 1.82) is 0 Å². The predicted octanol–water partition coefficient (Wildman–Crippen LogP) is 3.26. The number of para-hydroxylation sites is 1. The Morgan fingerprint density at radius 2 is 2.06 bits per heavy atom. The first-order valence-corrected chi connectivity index (χ1v) is 6.02. The van der Waals surface area contributed by atoms with Gasteiger partial charge >= 0.3 is 0 Å². The Hall–Kier alpha value is -1.09. The van der Waals surface area contributed by atoms with Crippen LogP contribution in [0.2, 0.25) is 0 Å². The van der Waals surface area contributed by atoms with E-state index in [2.05, 4.69) is 19.9 Å². The molecule has 0 aliphatic rings. The Labute approximate surface area is 103 Å². The summed E-state index contributed by atoms with van der Waals surface area (Å²) in [6.07, 6.45) is 1.63. The van der Waals surface area contributed by atoms with Gasteiger partial charge in [-0.3, -0.25) is 0 Å². The lowest BCUT2D eigenvalue weighted by Gasteiger charge is -2.13. The Balaban J connectivity index is 2.50. The molecule has 1 rings (SSSR count). The van der Waals surface area contributed by atoms with Gasteiger partial charge < -0.3 is 10.5 Å². The largest absolute Gasteiger partial charge is 0.493 e. The number of hydrogen-bond donors (Lipinski definition) is 1. The van der Waals surface area contributed by atoms with Gasteiger partial charge in [0.2, 0.25) is 0 Å². The Morgan fingerprint density at radius 3 is 2.69 bits per heavy atom. The standard InChI is InChI=1S/C13H19NOS/c1-10(2)11-6-3-4-7-12(11)15-9-5-8-13(14)16/h3-4,6-7,10H,5,8-9H2,1-2H3,(H2,14,16). The fourth-order valence-electron chi connectivity index (χ4n) is 1.52. The first-order chi connectivity index (χ1) is 7.61. The molecule has 16 heavy (non-hydrogen) atoms. The second-order valence-corrected chi connectivity index (χ2v) is 4.64. The van der Waals surface area contributed by atoms with Crippen LogP contribution in [0, 0.1) is 0 Å². The van der Waals surface area contributed by atoms with Gasteiger partial charge in [0.25, 0.3) is 0 Å². The van der Waals surface area contributed by atoms with Crippen LogP contribution in [0.15, 0.2) is 24.3 Å². The highest BCUT2D eigenvalue weighted by atomic mass is 32.1. The van der Waals surface area contributed by atoms with Gasteiger partial charge in [0.15, 0.2) is 0 Å². The van der Waals surface area contributed by atoms with Crippen molar-refractivity contribution in [3.8, 4) is 5.75 Å². The van der Waals surface area contributed by atoms with Gasteiger partial charge in [-0.1, -0.05) is 44.3 Å². The van der Waals surface area contributed by atoms with Crippen LogP contribution in [0.1, 0.15) is 38.2 Å². The number of hydrogen-bond acceptors (Lipinski definition) is 2. The van der Waals surface area contributed by atoms with Crippen molar-refractivity contribution in [2.75, 3.05) is 6.61 Å². The zero-order valence-electron chi connectivity index (χ0n) is 9.90. The maximum absolute atomic E-state index is 5.73. The summed E-state index contributed by atoms with van der Waals surface area (Å²) in [5.74, 6) is 1.45. The Bertz CT molecular complexity index is 350. The average molecular weight is 237 g/mol. The van der Waals surface area contributed by atoms with E-state index in [1.165, 1.54) is 5.56 Å². The Kier molecular flexibility index (Phi) is 5.26. The number of thiocarbonyl (C=S) groups is 1. The molecule has 0 amide bonds. The molecule has 88 valence electrons. The molecule has 0 fully saturated rings. The van der Waals surface area contributed by atoms with E-state index in [-0.39, 0.29) is 0 Å². The van der Waals surface area contributed by atoms with E-state index in [1.807, 2.05) is 18.2 Å². The third-order valence-corrected chi connectivity index (χ3v) is 2.57. The van der Waals surface area contributed by atoms with Crippen molar-refractivity contribution in [2.45, 2.75) is 32.6 Å². The lowest BCUT2D eigenvalue weighted by atomic mass is 10.0. The molecule has 1 aromatic rings. The summed E-state index contributed by atoms with van der Waals surface area (Å²) in [7, 11) is 0. The minimum absolute atomic E-state index is 0.479. The number of benzene rings is 1. The molecule has 0 saturated heterocycles. The molecule has 0 spiro atoms. The molecule has 0 heterocycles. The van der Waals surface area contributed by atoms with Crippen molar-refractivity contribution >= 4 is 17.2 Å². The molecule has 2 N–H and O–H groups in total. The van der Waals surface area contributed by atoms with Gasteiger partial charge in [0, 0.05) is 6.42 Å². The van der Waals surface area contributed by atoms with Gasteiger partial charge in [-0.15, -0.1) is 0 Å². The fraction of sp³-hybridized carbons (Fsp3) is 0.462. The lowest BCUT2D eigenvalue weighted by Crippen LogP contribution is -2.10. The van der Waals surface area contributed by atoms with Gasteiger partial charge in [-0.25, -0.2) is 0 Å². The molecular weight excluding hydrogens is 218 g/mol. The van der Waals surface area contributed by atoms with Crippen molar-refractivity contribution < 1.29 is 4.74 Å². The average Bonchev–Trinajstić information content (AvgIpc) is 2.24. The summed E-state index contributed by atoms with van der Waals surface area (Å²) >= 11 is 4.82. The SMILES string of the molecule is CC(C)c1ccccc1OCCCC(N)=S. The van der Waals surface area contributed by atoms with E-state index in [9.17, 15) is 0 Å². The molecular formula is C13H19NOS. The highest BCUT2D eigenvalue weighted by Gasteiger charge is 2.06. The van der Waals surface area contributed by atoms with Crippen LogP contribution in [0.4, 0.5) is 0 Å². The van der Waals surface area contributed by atoms with E-state index < -0.39 is 0 Å². The van der Waals surface area contributed by atoms with Crippen LogP contribution >= 0.6 is 12.2 Å². The van der Waals surface area contributed by atoms with Crippen molar-refractivity contribution in [1.82, 2.24) is 0 Å². The fourth-order valence-corrected chi connectivity index (χ4v) is 1.66. The summed E-state index contributed by atoms with van der Waals surface area (Å²) in [6, 6.07) is 8.15. The molecule has 0 atom stereocenters. The summed E-state index contributed by atoms with van der Waals surface area (Å²) < 4.78 is 5.73. The minimum Gasteiger partial charge on any atom is -0.493 e. The normalized spacial score (nSPS) is 10.4. The van der Waals surface area contributed by atoms with Crippen LogP contribution in [-0.4, -0.2) is 11.6 Å². The molecule has 3 heteroatoms. The first-order valence-electron chi connectivity index (χ1n) is 5.61. The summed E-state index contributed by atoms with van der Waals surface area (Å²) in [4.78, 5) is 0.556. The van der Waals surface area contributed by atoms with Crippen LogP contribution in [-0.2, 0) is 0 Å². The van der Waals surface area contributed by atoms with Crippen molar-refractivity contribution in [3.05, 3.63) is 29.8 Å². The van der Waals surface area contributed by atoms with Gasteiger partial charge in [-0.2, -0.15) is 0 Å². The van der Waals surface area contributed by atoms with Crippen molar-refractivity contribution in [3.63, 3.8) is 0 Å². The highest BCUT2D eigenvalue weighted by Crippen LogP contribution is 2.25. The van der Waals surface area contributed by atoms with E-state index in [4.69, 9.17) is 22.7 Å². The summed E-state index contributed by atoms with van der Waals surface area (Å²) in [5.41, 5.74) is 6.67. The molecule has 0 unspecified atom stereocenters. The number of ether oxygens (including phenoxy) is 1. The van der Waals surface area contributed by atoms with Crippen LogP contribution in [0.3, 0.4) is 0 Å². The van der Waals surface area contributed by atoms with E-state index in [0.717, 1.165) is 18.6 Å². The maximum atomic E-state index is 5.73. The maximum Gasteiger partial charge on any atom is 0.122 e. The molecule has 0 aromatic heterocycles.